The molecule has 0 bridgehead atoms. The third-order valence-corrected chi connectivity index (χ3v) is 13.9. The molecule has 1 amide bonds. The van der Waals surface area contributed by atoms with Gasteiger partial charge in [-0.05, 0) is 48.1 Å². The van der Waals surface area contributed by atoms with Crippen LogP contribution in [0.3, 0.4) is 0 Å². The van der Waals surface area contributed by atoms with Crippen molar-refractivity contribution in [2.24, 2.45) is 16.1 Å². The van der Waals surface area contributed by atoms with Crippen LogP contribution >= 0.6 is 23.5 Å². The van der Waals surface area contributed by atoms with E-state index in [1.807, 2.05) is 41.5 Å². The maximum Gasteiger partial charge on any atom is 3.00 e. The number of nitrogens with zero attached hydrogens (tertiary/aromatic N) is 12. The molecule has 0 heterocycles. The number of likely N-dealkylation sites (N-methyl/N-ethyl adjacent to an activating group) is 2. The molecule has 1 radical (unpaired) electrons. The van der Waals surface area contributed by atoms with Crippen molar-refractivity contribution in [2.75, 3.05) is 125 Å². The van der Waals surface area contributed by atoms with Crippen LogP contribution in [0.4, 0.5) is 11.4 Å². The molecule has 1 unspecified atom stereocenters. The quantitative estimate of drug-likeness (QED) is 0.0263. The molecule has 2 aromatic rings. The molecule has 0 fully saturated rings. The molecule has 0 aliphatic rings. The third kappa shape index (κ3) is 48.1. The zero-order valence-corrected chi connectivity index (χ0v) is 56.7. The summed E-state index contributed by atoms with van der Waals surface area (Å²) in [6, 6.07) is 13.3. The molecule has 8 N–H and O–H groups in total. The fourth-order valence-electron chi connectivity index (χ4n) is 8.14. The summed E-state index contributed by atoms with van der Waals surface area (Å²) in [7, 11) is 3.13. The molecule has 35 heteroatoms. The number of carbonyl (C=O) groups is 12. The number of thioether (sulfide) groups is 2. The number of nitrogens with one attached hydrogen (secondary N) is 1. The Morgan fingerprint density at radius 1 is 0.467 bits per heavy atom. The van der Waals surface area contributed by atoms with Crippen LogP contribution in [-0.2, 0) is 70.4 Å². The first-order valence-corrected chi connectivity index (χ1v) is 29.8. The van der Waals surface area contributed by atoms with E-state index in [0.29, 0.717) is 36.3 Å². The molecule has 32 nitrogen and oxygen atoms in total. The van der Waals surface area contributed by atoms with Crippen LogP contribution in [0.1, 0.15) is 71.9 Å². The van der Waals surface area contributed by atoms with Gasteiger partial charge in [-0.25, -0.2) is 0 Å². The Morgan fingerprint density at radius 2 is 0.804 bits per heavy atom. The van der Waals surface area contributed by atoms with Gasteiger partial charge in [0.25, 0.3) is 0 Å². The predicted octanol–water partition coefficient (Wildman–Crippen LogP) is 4.15. The number of azide groups is 2. The van der Waals surface area contributed by atoms with E-state index < -0.39 is 79.8 Å². The summed E-state index contributed by atoms with van der Waals surface area (Å²) in [5.41, 5.74) is 19.2. The summed E-state index contributed by atoms with van der Waals surface area (Å²) in [5.74, 6) is -9.32. The maximum atomic E-state index is 12.7. The third-order valence-electron chi connectivity index (χ3n) is 11.9. The van der Waals surface area contributed by atoms with E-state index in [-0.39, 0.29) is 169 Å². The van der Waals surface area contributed by atoms with Gasteiger partial charge in [0.1, 0.15) is 0 Å². The molecule has 0 saturated carbocycles. The number of benzene rings is 2. The van der Waals surface area contributed by atoms with Crippen LogP contribution in [0, 0.1) is 45.9 Å². The van der Waals surface area contributed by atoms with E-state index in [1.165, 1.54) is 21.7 Å². The normalized spacial score (nSPS) is 11.4. The second-order valence-electron chi connectivity index (χ2n) is 22.6. The summed E-state index contributed by atoms with van der Waals surface area (Å²) < 4.78 is -0.611. The first kappa shape index (κ1) is 87.3. The van der Waals surface area contributed by atoms with Crippen LogP contribution in [0.5, 0.6) is 0 Å². The standard InChI is InChI=1S/C24H33N7O10.C23H40N2O8S2.C10H12N4O.Gd/c1-28(11-19(32)10-17-2-4-18(5-3-17)26-27-25)20(33)12-30(14-22(36)37)8-6-29(13-21(34)35)7-9-31(15-23(38)39)16-24(40)41;1-22(2,3)34-20(32)12-16(11-17(26)27)7-8-24(13-18(28)29)9-10-25(14-19(30)31)15-21(33)35-23(4,5)6;1-12-7-10(15)6-8-2-4-9(5-3-8)13-14-11;/h2-5H,6-16H2,1H3,(H,34,35)(H,36,37)(H,38,39)(H,40,41);16H,7-15H2,1-6H3,(H,26,27)(H,28,29)(H,30,31);2-5,12H,6-7H2,1H3;/q;;;+3. The van der Waals surface area contributed by atoms with Crippen molar-refractivity contribution in [1.82, 2.24) is 34.7 Å². The van der Waals surface area contributed by atoms with Crippen LogP contribution in [0.15, 0.2) is 58.8 Å². The van der Waals surface area contributed by atoms with Gasteiger partial charge in [0, 0.05) is 103 Å². The molecular weight excluding hydrogens is 1390 g/mol. The molecule has 509 valence electrons. The maximum absolute atomic E-state index is 12.7. The van der Waals surface area contributed by atoms with E-state index >= 15 is 0 Å². The van der Waals surface area contributed by atoms with Crippen molar-refractivity contribution in [1.29, 1.82) is 0 Å². The number of hydrogen-bond donors (Lipinski definition) is 8. The zero-order chi connectivity index (χ0) is 69.4. The number of amides is 1. The van der Waals surface area contributed by atoms with E-state index in [1.54, 1.807) is 60.5 Å². The summed E-state index contributed by atoms with van der Waals surface area (Å²) in [6.45, 7) is 8.50. The van der Waals surface area contributed by atoms with Crippen molar-refractivity contribution in [3.8, 4) is 0 Å². The molecule has 0 spiro atoms. The number of carbonyl (C=O) groups excluding carboxylic acids is 5. The van der Waals surface area contributed by atoms with Gasteiger partial charge in [0.15, 0.2) is 16.7 Å². The SMILES string of the molecule is CC(C)(C)SC(=O)CC(CCN(CCN(CC(=O)O)CC(=O)SC(C)(C)C)CC(=O)O)CC(=O)O.CN(CC(=O)Cc1ccc(N=[N+]=[N-])cc1)C(=O)CN(CCN(CCN(CC(=O)O)CC(=O)O)CC(=O)O)CC(=O)O.CNCC(=O)Cc1ccc(N=[N+]=[N-])cc1.[Gd+3]. The summed E-state index contributed by atoms with van der Waals surface area (Å²) in [4.78, 5) is 153. The Kier molecular flexibility index (Phi) is 44.8. The Balaban J connectivity index is 0. The average Bonchev–Trinajstić information content (AvgIpc) is 1.86. The first-order chi connectivity index (χ1) is 42.4. The van der Waals surface area contributed by atoms with Gasteiger partial charge in [-0.15, -0.1) is 0 Å². The molecule has 1 atom stereocenters. The van der Waals surface area contributed by atoms with Gasteiger partial charge in [0.2, 0.25) is 11.0 Å². The minimum Gasteiger partial charge on any atom is -0.481 e. The number of Topliss-reactive ketones (excluding diaryl/α,β-unsaturated/α-hetero) is 2. The smallest absolute Gasteiger partial charge is 0.481 e. The molecular formula is C57H85GdN13O19S2+3. The average molecular weight is 1480 g/mol. The molecule has 92 heavy (non-hydrogen) atoms. The minimum absolute atomic E-state index is 0. The van der Waals surface area contributed by atoms with Crippen LogP contribution < -0.4 is 5.32 Å². The van der Waals surface area contributed by atoms with Crippen molar-refractivity contribution in [2.45, 2.75) is 83.1 Å². The van der Waals surface area contributed by atoms with Crippen LogP contribution in [0.2, 0.25) is 0 Å². The monoisotopic (exact) mass is 1480 g/mol. The summed E-state index contributed by atoms with van der Waals surface area (Å²) in [5, 5.41) is 73.6. The zero-order valence-electron chi connectivity index (χ0n) is 52.8. The second-order valence-corrected chi connectivity index (χ2v) is 26.4. The molecule has 0 aliphatic heterocycles. The van der Waals surface area contributed by atoms with E-state index in [4.69, 9.17) is 21.3 Å². The van der Waals surface area contributed by atoms with E-state index in [0.717, 1.165) is 38.9 Å². The largest absolute Gasteiger partial charge is 3.00 e. The number of carboxylic acid groups (broad SMARTS) is 7. The van der Waals surface area contributed by atoms with Crippen molar-refractivity contribution >= 4 is 104 Å². The molecule has 0 aliphatic carbocycles. The number of ketones is 2. The van der Waals surface area contributed by atoms with Crippen molar-refractivity contribution in [3.05, 3.63) is 80.5 Å². The minimum atomic E-state index is -1.26. The Labute approximate surface area is 573 Å². The Morgan fingerprint density at radius 3 is 1.16 bits per heavy atom. The molecule has 0 aromatic heterocycles. The molecule has 2 aromatic carbocycles. The molecule has 2 rings (SSSR count). The van der Waals surface area contributed by atoms with Gasteiger partial charge in [-0.2, -0.15) is 0 Å². The van der Waals surface area contributed by atoms with Gasteiger partial charge in [-0.3, -0.25) is 82.0 Å². The number of hydrogen-bond acceptors (Lipinski definition) is 22. The Bertz CT molecular complexity index is 2780. The van der Waals surface area contributed by atoms with Gasteiger partial charge >= 0.3 is 81.7 Å². The summed E-state index contributed by atoms with van der Waals surface area (Å²) >= 11 is 2.27. The van der Waals surface area contributed by atoms with Gasteiger partial charge < -0.3 is 46.0 Å². The fourth-order valence-corrected chi connectivity index (χ4v) is 10.1. The predicted molar refractivity (Wildman–Crippen MR) is 337 cm³/mol. The first-order valence-electron chi connectivity index (χ1n) is 28.2. The summed E-state index contributed by atoms with van der Waals surface area (Å²) in [6.07, 6.45) is 0.572. The van der Waals surface area contributed by atoms with Crippen molar-refractivity contribution in [3.63, 3.8) is 0 Å². The fraction of sp³-hybridized carbons (Fsp3) is 0.579. The van der Waals surface area contributed by atoms with Gasteiger partial charge in [-0.1, -0.05) is 124 Å². The Hall–Kier alpha value is -6.72. The number of rotatable bonds is 42. The van der Waals surface area contributed by atoms with E-state index in [9.17, 15) is 83.1 Å². The van der Waals surface area contributed by atoms with Crippen molar-refractivity contribution < 1.29 is 133 Å². The van der Waals surface area contributed by atoms with Crippen LogP contribution in [-0.4, -0.2) is 269 Å². The topological polar surface area (TPSA) is 475 Å². The van der Waals surface area contributed by atoms with Gasteiger partial charge in [0.05, 0.1) is 65.4 Å². The second kappa shape index (κ2) is 47.2. The number of carboxylic acids is 7. The number of aliphatic carboxylic acids is 7. The van der Waals surface area contributed by atoms with E-state index in [2.05, 4.69) is 25.4 Å². The van der Waals surface area contributed by atoms with Crippen LogP contribution in [0.25, 0.3) is 20.9 Å². The molecule has 0 saturated heterocycles.